The molecule has 0 spiro atoms. The van der Waals surface area contributed by atoms with Gasteiger partial charge in [-0.2, -0.15) is 17.6 Å². The van der Waals surface area contributed by atoms with Gasteiger partial charge in [0.2, 0.25) is 0 Å². The van der Waals surface area contributed by atoms with E-state index in [-0.39, 0.29) is 0 Å². The van der Waals surface area contributed by atoms with E-state index in [0.29, 0.717) is 0 Å². The average Bonchev–Trinajstić information content (AvgIpc) is 1.84. The molecule has 2 nitrogen and oxygen atoms in total. The summed E-state index contributed by atoms with van der Waals surface area (Å²) in [5.74, 6) is 0. The van der Waals surface area contributed by atoms with Gasteiger partial charge in [0.15, 0.2) is 0 Å². The summed E-state index contributed by atoms with van der Waals surface area (Å²) in [4.78, 5) is 3.12. The van der Waals surface area contributed by atoms with Crippen molar-refractivity contribution < 1.29 is 36.5 Å². The molecule has 0 aliphatic carbocycles. The number of rotatable bonds is 2. The minimum Gasteiger partial charge on any atom is -0.166 e. The van der Waals surface area contributed by atoms with Crippen LogP contribution in [0.2, 0.25) is 0 Å². The molecule has 0 N–H and O–H groups in total. The molecule has 62 valence electrons. The Hall–Kier alpha value is -0.500. The van der Waals surface area contributed by atoms with Crippen LogP contribution in [0.3, 0.4) is 0 Å². The molecule has 0 aromatic heterocycles. The van der Waals surface area contributed by atoms with E-state index >= 15 is 0 Å². The Kier molecular flexibility index (Phi) is 2.49. The first-order valence-electron chi connectivity index (χ1n) is 1.72. The van der Waals surface area contributed by atoms with Crippen LogP contribution in [-0.2, 0) is 9.88 Å². The molecular weight excluding hydrogens is 170 g/mol. The molecular formula is C2F6O2. The molecule has 0 unspecified atom stereocenters. The first kappa shape index (κ1) is 9.50. The van der Waals surface area contributed by atoms with Gasteiger partial charge in [0.05, 0.1) is 0 Å². The Morgan fingerprint density at radius 2 is 1.10 bits per heavy atom. The third kappa shape index (κ3) is 1.51. The van der Waals surface area contributed by atoms with Crippen LogP contribution < -0.4 is 0 Å². The van der Waals surface area contributed by atoms with Crippen molar-refractivity contribution in [1.82, 2.24) is 0 Å². The van der Waals surface area contributed by atoms with Crippen LogP contribution in [0.5, 0.6) is 0 Å². The van der Waals surface area contributed by atoms with Crippen LogP contribution in [-0.4, -0.2) is 12.2 Å². The van der Waals surface area contributed by atoms with Crippen LogP contribution in [0.1, 0.15) is 0 Å². The van der Waals surface area contributed by atoms with Crippen LogP contribution in [0.4, 0.5) is 26.6 Å². The monoisotopic (exact) mass is 170 g/mol. The van der Waals surface area contributed by atoms with E-state index in [1.54, 1.807) is 9.88 Å². The first-order valence-corrected chi connectivity index (χ1v) is 1.72. The summed E-state index contributed by atoms with van der Waals surface area (Å²) in [5.41, 5.74) is 0. The molecule has 0 amide bonds. The van der Waals surface area contributed by atoms with Gasteiger partial charge in [0, 0.05) is 0 Å². The lowest BCUT2D eigenvalue weighted by Gasteiger charge is -2.16. The zero-order valence-electron chi connectivity index (χ0n) is 4.08. The Morgan fingerprint density at radius 3 is 1.10 bits per heavy atom. The molecule has 0 saturated heterocycles. The third-order valence-corrected chi connectivity index (χ3v) is 0.537. The Balaban J connectivity index is 4.33. The van der Waals surface area contributed by atoms with Crippen molar-refractivity contribution in [2.45, 2.75) is 12.2 Å². The maximum atomic E-state index is 11.4. The van der Waals surface area contributed by atoms with Crippen molar-refractivity contribution in [2.75, 3.05) is 0 Å². The predicted octanol–water partition coefficient (Wildman–Crippen LogP) is 1.97. The summed E-state index contributed by atoms with van der Waals surface area (Å²) in [6.07, 6.45) is -5.91. The Bertz CT molecular complexity index is 105. The molecule has 0 atom stereocenters. The highest BCUT2D eigenvalue weighted by Crippen LogP contribution is 2.36. The molecule has 0 radical (unpaired) electrons. The molecule has 8 heteroatoms. The highest BCUT2D eigenvalue weighted by atomic mass is 19.4. The molecule has 0 aromatic carbocycles. The topological polar surface area (TPSA) is 18.5 Å². The van der Waals surface area contributed by atoms with Crippen LogP contribution in [0.15, 0.2) is 0 Å². The number of hydrogen-bond acceptors (Lipinski definition) is 2. The fourth-order valence-corrected chi connectivity index (χ4v) is 0.0994. The van der Waals surface area contributed by atoms with Crippen LogP contribution in [0, 0.1) is 0 Å². The average molecular weight is 170 g/mol. The summed E-state index contributed by atoms with van der Waals surface area (Å²) in [7, 11) is 0. The Morgan fingerprint density at radius 1 is 0.800 bits per heavy atom. The number of halogens is 6. The fraction of sp³-hybridized carbons (Fsp3) is 1.00. The minimum absolute atomic E-state index is 1.56. The van der Waals surface area contributed by atoms with Crippen LogP contribution in [0.25, 0.3) is 0 Å². The van der Waals surface area contributed by atoms with Crippen molar-refractivity contribution in [3.05, 3.63) is 0 Å². The van der Waals surface area contributed by atoms with Crippen molar-refractivity contribution >= 4 is 0 Å². The van der Waals surface area contributed by atoms with Gasteiger partial charge in [-0.15, -0.1) is 9.88 Å². The molecule has 0 bridgehead atoms. The molecule has 0 rings (SSSR count). The molecule has 0 aliphatic heterocycles. The molecule has 0 heterocycles. The third-order valence-electron chi connectivity index (χ3n) is 0.537. The van der Waals surface area contributed by atoms with E-state index in [2.05, 4.69) is 0 Å². The maximum absolute atomic E-state index is 11.4. The fourth-order valence-electron chi connectivity index (χ4n) is 0.0994. The number of alkyl halides is 4. The smallest absolute Gasteiger partial charge is 0.166 e. The maximum Gasteiger partial charge on any atom is 0.483 e. The van der Waals surface area contributed by atoms with Gasteiger partial charge in [0.1, 0.15) is 0 Å². The summed E-state index contributed by atoms with van der Waals surface area (Å²) in [5, 5.41) is 0. The molecule has 10 heavy (non-hydrogen) atoms. The van der Waals surface area contributed by atoms with E-state index in [0.717, 1.165) is 0 Å². The normalized spacial score (nSPS) is 13.8. The van der Waals surface area contributed by atoms with Crippen molar-refractivity contribution in [1.29, 1.82) is 0 Å². The van der Waals surface area contributed by atoms with Crippen LogP contribution >= 0.6 is 0 Å². The van der Waals surface area contributed by atoms with Gasteiger partial charge in [-0.05, 0) is 9.05 Å². The lowest BCUT2D eigenvalue weighted by atomic mass is 10.6. The lowest BCUT2D eigenvalue weighted by Crippen LogP contribution is -2.42. The summed E-state index contributed by atoms with van der Waals surface area (Å²) in [6, 6.07) is -5.31. The minimum atomic E-state index is -5.91. The largest absolute Gasteiger partial charge is 0.483 e. The van der Waals surface area contributed by atoms with Gasteiger partial charge in [0.25, 0.3) is 0 Å². The Labute approximate surface area is 50.1 Å². The zero-order chi connectivity index (χ0) is 8.41. The molecule has 0 aromatic rings. The summed E-state index contributed by atoms with van der Waals surface area (Å²) < 4.78 is 65.6. The van der Waals surface area contributed by atoms with E-state index < -0.39 is 12.2 Å². The quantitative estimate of drug-likeness (QED) is 0.465. The zero-order valence-corrected chi connectivity index (χ0v) is 4.08. The van der Waals surface area contributed by atoms with E-state index in [9.17, 15) is 26.6 Å². The van der Waals surface area contributed by atoms with Gasteiger partial charge in [-0.25, -0.2) is 0 Å². The van der Waals surface area contributed by atoms with Gasteiger partial charge < -0.3 is 0 Å². The second-order valence-corrected chi connectivity index (χ2v) is 1.19. The second kappa shape index (κ2) is 2.62. The van der Waals surface area contributed by atoms with Gasteiger partial charge in [-0.3, -0.25) is 0 Å². The summed E-state index contributed by atoms with van der Waals surface area (Å²) >= 11 is 0. The molecule has 0 saturated carbocycles. The highest BCUT2D eigenvalue weighted by molar-refractivity contribution is 4.61. The van der Waals surface area contributed by atoms with Gasteiger partial charge in [-0.1, -0.05) is 0 Å². The lowest BCUT2D eigenvalue weighted by molar-refractivity contribution is -0.537. The van der Waals surface area contributed by atoms with Crippen molar-refractivity contribution in [3.63, 3.8) is 0 Å². The predicted molar refractivity (Wildman–Crippen MR) is 14.3 cm³/mol. The van der Waals surface area contributed by atoms with Crippen molar-refractivity contribution in [2.24, 2.45) is 0 Å². The van der Waals surface area contributed by atoms with Crippen molar-refractivity contribution in [3.8, 4) is 0 Å². The first-order chi connectivity index (χ1) is 4.37. The molecule has 0 aliphatic rings. The van der Waals surface area contributed by atoms with E-state index in [1.165, 1.54) is 0 Å². The standard InChI is InChI=1S/C2F6O2/c3-1(4,5)2(6,9-7)10-8. The van der Waals surface area contributed by atoms with Gasteiger partial charge >= 0.3 is 12.2 Å². The highest BCUT2D eigenvalue weighted by Gasteiger charge is 2.63. The summed E-state index contributed by atoms with van der Waals surface area (Å²) in [6.45, 7) is 0. The number of hydrogen-bond donors (Lipinski definition) is 0. The SMILES string of the molecule is FOC(F)(OF)C(F)(F)F. The second-order valence-electron chi connectivity index (χ2n) is 1.19. The van der Waals surface area contributed by atoms with E-state index in [1.807, 2.05) is 0 Å². The van der Waals surface area contributed by atoms with E-state index in [4.69, 9.17) is 0 Å². The molecule has 0 fully saturated rings.